The zero-order valence-corrected chi connectivity index (χ0v) is 20.8. The SMILES string of the molecule is C=CCOC(=O)[C@H]1[C@H]2C(=O)N(CCCCO)C(C(=O)N(CC=C)CCCC)C23CC[C@]1(C)S3. The standard InChI is InChI=1S/C25H38N2O5S/c1-5-8-14-26(13-6-2)22(30)20-25-12-11-24(4,33-25)19(23(31)32-17-7-3)18(25)21(29)27(20)15-9-10-16-28/h6-7,18-20,28H,2-3,5,8-17H2,1,4H3/t18-,19+,20?,24-,25?/m0/s1. The number of aliphatic hydroxyl groups is 1. The van der Waals surface area contributed by atoms with E-state index in [1.165, 1.54) is 6.08 Å². The highest BCUT2D eigenvalue weighted by Crippen LogP contribution is 2.71. The van der Waals surface area contributed by atoms with Crippen molar-refractivity contribution in [3.8, 4) is 0 Å². The average molecular weight is 479 g/mol. The Kier molecular flexibility index (Phi) is 8.32. The fourth-order valence-electron chi connectivity index (χ4n) is 5.90. The predicted octanol–water partition coefficient (Wildman–Crippen LogP) is 2.78. The molecule has 3 aliphatic heterocycles. The van der Waals surface area contributed by atoms with Gasteiger partial charge in [-0.05, 0) is 39.0 Å². The number of carbonyl (C=O) groups is 3. The molecule has 3 aliphatic rings. The summed E-state index contributed by atoms with van der Waals surface area (Å²) in [5.74, 6) is -1.71. The van der Waals surface area contributed by atoms with Crippen LogP contribution in [0, 0.1) is 11.8 Å². The first-order chi connectivity index (χ1) is 15.8. The van der Waals surface area contributed by atoms with Crippen molar-refractivity contribution in [1.82, 2.24) is 9.80 Å². The molecular weight excluding hydrogens is 440 g/mol. The van der Waals surface area contributed by atoms with Gasteiger partial charge in [-0.25, -0.2) is 0 Å². The molecule has 0 aromatic heterocycles. The van der Waals surface area contributed by atoms with Gasteiger partial charge in [0.25, 0.3) is 0 Å². The summed E-state index contributed by atoms with van der Waals surface area (Å²) in [7, 11) is 0. The van der Waals surface area contributed by atoms with Gasteiger partial charge in [0.05, 0.1) is 16.6 Å². The van der Waals surface area contributed by atoms with Gasteiger partial charge in [-0.3, -0.25) is 14.4 Å². The van der Waals surface area contributed by atoms with Crippen LogP contribution in [0.2, 0.25) is 0 Å². The van der Waals surface area contributed by atoms with Crippen LogP contribution in [0.4, 0.5) is 0 Å². The van der Waals surface area contributed by atoms with Crippen molar-refractivity contribution in [3.63, 3.8) is 0 Å². The number of aliphatic hydroxyl groups excluding tert-OH is 1. The summed E-state index contributed by atoms with van der Waals surface area (Å²) in [4.78, 5) is 44.5. The van der Waals surface area contributed by atoms with E-state index in [-0.39, 0.29) is 31.0 Å². The Morgan fingerprint density at radius 1 is 1.27 bits per heavy atom. The molecule has 0 aromatic rings. The van der Waals surface area contributed by atoms with Crippen LogP contribution in [0.1, 0.15) is 52.4 Å². The van der Waals surface area contributed by atoms with Crippen LogP contribution >= 0.6 is 11.8 Å². The number of hydrogen-bond donors (Lipinski definition) is 1. The first kappa shape index (κ1) is 25.8. The average Bonchev–Trinajstić information content (AvgIpc) is 3.36. The van der Waals surface area contributed by atoms with E-state index in [4.69, 9.17) is 4.74 Å². The first-order valence-electron chi connectivity index (χ1n) is 12.1. The van der Waals surface area contributed by atoms with E-state index in [1.54, 1.807) is 22.7 Å². The summed E-state index contributed by atoms with van der Waals surface area (Å²) < 4.78 is 4.37. The van der Waals surface area contributed by atoms with Gasteiger partial charge >= 0.3 is 5.97 Å². The lowest BCUT2D eigenvalue weighted by molar-refractivity contribution is -0.154. The molecule has 3 heterocycles. The molecule has 1 N–H and O–H groups in total. The molecule has 1 spiro atoms. The number of thioether (sulfide) groups is 1. The van der Waals surface area contributed by atoms with E-state index < -0.39 is 27.4 Å². The van der Waals surface area contributed by atoms with Gasteiger partial charge < -0.3 is 19.6 Å². The van der Waals surface area contributed by atoms with Crippen molar-refractivity contribution in [2.45, 2.75) is 67.9 Å². The normalized spacial score (nSPS) is 32.0. The van der Waals surface area contributed by atoms with Crippen molar-refractivity contribution in [2.75, 3.05) is 32.8 Å². The largest absolute Gasteiger partial charge is 0.461 e. The zero-order valence-electron chi connectivity index (χ0n) is 20.0. The van der Waals surface area contributed by atoms with Gasteiger partial charge in [-0.2, -0.15) is 0 Å². The Morgan fingerprint density at radius 3 is 2.67 bits per heavy atom. The Bertz CT molecular complexity index is 789. The summed E-state index contributed by atoms with van der Waals surface area (Å²) in [5, 5.41) is 9.27. The lowest BCUT2D eigenvalue weighted by Crippen LogP contribution is -2.55. The minimum Gasteiger partial charge on any atom is -0.461 e. The molecule has 184 valence electrons. The van der Waals surface area contributed by atoms with Gasteiger partial charge in [0.1, 0.15) is 12.6 Å². The quantitative estimate of drug-likeness (QED) is 0.249. The third-order valence-corrected chi connectivity index (χ3v) is 9.34. The highest BCUT2D eigenvalue weighted by Gasteiger charge is 2.77. The first-order valence-corrected chi connectivity index (χ1v) is 12.9. The molecule has 7 nitrogen and oxygen atoms in total. The van der Waals surface area contributed by atoms with Crippen LogP contribution in [0.25, 0.3) is 0 Å². The zero-order chi connectivity index (χ0) is 24.2. The minimum atomic E-state index is -0.633. The monoisotopic (exact) mass is 478 g/mol. The van der Waals surface area contributed by atoms with E-state index in [1.807, 2.05) is 11.8 Å². The summed E-state index contributed by atoms with van der Waals surface area (Å²) in [6.07, 6.45) is 7.75. The van der Waals surface area contributed by atoms with E-state index in [2.05, 4.69) is 20.1 Å². The Balaban J connectivity index is 2.00. The van der Waals surface area contributed by atoms with Crippen LogP contribution < -0.4 is 0 Å². The van der Waals surface area contributed by atoms with Crippen molar-refractivity contribution < 1.29 is 24.2 Å². The van der Waals surface area contributed by atoms with Gasteiger partial charge in [0.2, 0.25) is 11.8 Å². The molecular formula is C25H38N2O5S. The second-order valence-electron chi connectivity index (χ2n) is 9.54. The lowest BCUT2D eigenvalue weighted by atomic mass is 9.66. The van der Waals surface area contributed by atoms with Crippen LogP contribution in [0.15, 0.2) is 25.3 Å². The predicted molar refractivity (Wildman–Crippen MR) is 130 cm³/mol. The third kappa shape index (κ3) is 4.48. The van der Waals surface area contributed by atoms with E-state index in [0.717, 1.165) is 25.7 Å². The summed E-state index contributed by atoms with van der Waals surface area (Å²) in [6, 6.07) is -0.616. The molecule has 33 heavy (non-hydrogen) atoms. The molecule has 3 rings (SSSR count). The van der Waals surface area contributed by atoms with Crippen LogP contribution in [-0.4, -0.2) is 81.1 Å². The number of amides is 2. The van der Waals surface area contributed by atoms with Crippen molar-refractivity contribution >= 4 is 29.5 Å². The number of fused-ring (bicyclic) bond motifs is 1. The van der Waals surface area contributed by atoms with E-state index in [0.29, 0.717) is 32.5 Å². The Hall–Kier alpha value is -1.80. The number of hydrogen-bond acceptors (Lipinski definition) is 6. The fraction of sp³-hybridized carbons (Fsp3) is 0.720. The van der Waals surface area contributed by atoms with Gasteiger partial charge in [0.15, 0.2) is 0 Å². The summed E-state index contributed by atoms with van der Waals surface area (Å²) >= 11 is 1.65. The molecule has 5 atom stereocenters. The molecule has 0 radical (unpaired) electrons. The Labute approximate surface area is 201 Å². The number of carbonyl (C=O) groups excluding carboxylic acids is 3. The van der Waals surface area contributed by atoms with E-state index in [9.17, 15) is 19.5 Å². The van der Waals surface area contributed by atoms with Crippen LogP contribution in [-0.2, 0) is 19.1 Å². The number of ether oxygens (including phenoxy) is 1. The highest BCUT2D eigenvalue weighted by molar-refractivity contribution is 8.02. The highest BCUT2D eigenvalue weighted by atomic mass is 32.2. The molecule has 3 saturated heterocycles. The second kappa shape index (κ2) is 10.6. The number of likely N-dealkylation sites (tertiary alicyclic amines) is 1. The fourth-order valence-corrected chi connectivity index (χ4v) is 8.24. The molecule has 2 bridgehead atoms. The van der Waals surface area contributed by atoms with Crippen LogP contribution in [0.3, 0.4) is 0 Å². The van der Waals surface area contributed by atoms with Gasteiger partial charge in [0, 0.05) is 31.0 Å². The summed E-state index contributed by atoms with van der Waals surface area (Å²) in [6.45, 7) is 13.2. The molecule has 0 aliphatic carbocycles. The van der Waals surface area contributed by atoms with Gasteiger partial charge in [-0.15, -0.1) is 18.3 Å². The van der Waals surface area contributed by atoms with Crippen molar-refractivity contribution in [2.24, 2.45) is 11.8 Å². The molecule has 8 heteroatoms. The number of rotatable bonds is 13. The maximum atomic E-state index is 14.0. The van der Waals surface area contributed by atoms with E-state index >= 15 is 0 Å². The maximum Gasteiger partial charge on any atom is 0.311 e. The topological polar surface area (TPSA) is 87.1 Å². The van der Waals surface area contributed by atoms with Crippen LogP contribution in [0.5, 0.6) is 0 Å². The maximum absolute atomic E-state index is 14.0. The molecule has 2 unspecified atom stereocenters. The van der Waals surface area contributed by atoms with Crippen molar-refractivity contribution in [1.29, 1.82) is 0 Å². The lowest BCUT2D eigenvalue weighted by Gasteiger charge is -2.37. The number of unbranched alkanes of at least 4 members (excludes halogenated alkanes) is 2. The molecule has 2 amide bonds. The molecule has 3 fully saturated rings. The molecule has 0 saturated carbocycles. The second-order valence-corrected chi connectivity index (χ2v) is 11.4. The van der Waals surface area contributed by atoms with Gasteiger partial charge in [-0.1, -0.05) is 32.1 Å². The number of esters is 1. The Morgan fingerprint density at radius 2 is 2.03 bits per heavy atom. The summed E-state index contributed by atoms with van der Waals surface area (Å²) in [5.41, 5.74) is 0. The minimum absolute atomic E-state index is 0.0393. The van der Waals surface area contributed by atoms with Crippen molar-refractivity contribution in [3.05, 3.63) is 25.3 Å². The number of nitrogens with zero attached hydrogens (tertiary/aromatic N) is 2. The molecule has 0 aromatic carbocycles. The third-order valence-electron chi connectivity index (χ3n) is 7.36. The smallest absolute Gasteiger partial charge is 0.311 e.